The van der Waals surface area contributed by atoms with Crippen LogP contribution in [0.2, 0.25) is 0 Å². The number of halogens is 1. The number of furan rings is 1. The van der Waals surface area contributed by atoms with Gasteiger partial charge in [-0.25, -0.2) is 8.42 Å². The van der Waals surface area contributed by atoms with Gasteiger partial charge in [-0.05, 0) is 34.5 Å². The molecule has 0 spiro atoms. The molecule has 0 bridgehead atoms. The van der Waals surface area contributed by atoms with E-state index in [0.29, 0.717) is 17.0 Å². The topological polar surface area (TPSA) is 94.4 Å². The number of hydrogen-bond acceptors (Lipinski definition) is 5. The summed E-state index contributed by atoms with van der Waals surface area (Å²) in [6.45, 7) is 2.72. The van der Waals surface area contributed by atoms with Crippen LogP contribution >= 0.6 is 15.9 Å². The molecule has 0 aliphatic rings. The summed E-state index contributed by atoms with van der Waals surface area (Å²) < 4.78 is 33.6. The summed E-state index contributed by atoms with van der Waals surface area (Å²) in [5.74, 6) is 0.545. The van der Waals surface area contributed by atoms with Crippen molar-refractivity contribution in [2.75, 3.05) is 12.8 Å². The summed E-state index contributed by atoms with van der Waals surface area (Å²) in [6, 6.07) is 3.42. The van der Waals surface area contributed by atoms with Crippen LogP contribution in [0.1, 0.15) is 19.1 Å². The summed E-state index contributed by atoms with van der Waals surface area (Å²) in [4.78, 5) is 0.0177. The highest BCUT2D eigenvalue weighted by Crippen LogP contribution is 2.23. The Bertz CT molecular complexity index is 723. The van der Waals surface area contributed by atoms with E-state index in [1.54, 1.807) is 16.8 Å². The molecular weight excluding hydrogens is 360 g/mol. The van der Waals surface area contributed by atoms with E-state index in [9.17, 15) is 8.42 Å². The monoisotopic (exact) mass is 376 g/mol. The SMILES string of the molecule is CCCn1cc(S(=O)(=O)N(C)Cc2ccc(Br)o2)c(N)n1. The molecule has 0 saturated heterocycles. The number of aryl methyl sites for hydroxylation is 1. The number of nitrogens with zero attached hydrogens (tertiary/aromatic N) is 3. The molecule has 21 heavy (non-hydrogen) atoms. The summed E-state index contributed by atoms with van der Waals surface area (Å²) >= 11 is 3.18. The molecule has 0 radical (unpaired) electrons. The Hall–Kier alpha value is -1.32. The number of rotatable bonds is 6. The minimum absolute atomic E-state index is 0.0101. The Morgan fingerprint density at radius 1 is 1.48 bits per heavy atom. The van der Waals surface area contributed by atoms with Gasteiger partial charge in [0, 0.05) is 19.8 Å². The zero-order valence-corrected chi connectivity index (χ0v) is 14.2. The summed E-state index contributed by atoms with van der Waals surface area (Å²) in [5, 5.41) is 4.02. The van der Waals surface area contributed by atoms with E-state index in [2.05, 4.69) is 21.0 Å². The maximum Gasteiger partial charge on any atom is 0.248 e. The smallest absolute Gasteiger partial charge is 0.248 e. The highest BCUT2D eigenvalue weighted by atomic mass is 79.9. The van der Waals surface area contributed by atoms with Crippen molar-refractivity contribution in [2.24, 2.45) is 0 Å². The zero-order chi connectivity index (χ0) is 15.6. The van der Waals surface area contributed by atoms with E-state index in [0.717, 1.165) is 6.42 Å². The van der Waals surface area contributed by atoms with E-state index >= 15 is 0 Å². The maximum atomic E-state index is 12.5. The van der Waals surface area contributed by atoms with Crippen LogP contribution in [-0.2, 0) is 23.1 Å². The molecule has 2 aromatic heterocycles. The van der Waals surface area contributed by atoms with Crippen LogP contribution in [-0.4, -0.2) is 29.6 Å². The van der Waals surface area contributed by atoms with Crippen molar-refractivity contribution in [1.82, 2.24) is 14.1 Å². The average molecular weight is 377 g/mol. The maximum absolute atomic E-state index is 12.5. The van der Waals surface area contributed by atoms with Crippen LogP contribution in [0.5, 0.6) is 0 Å². The zero-order valence-electron chi connectivity index (χ0n) is 11.8. The molecule has 0 aliphatic carbocycles. The van der Waals surface area contributed by atoms with E-state index in [4.69, 9.17) is 10.2 Å². The van der Waals surface area contributed by atoms with Gasteiger partial charge in [0.05, 0.1) is 6.54 Å². The lowest BCUT2D eigenvalue weighted by Gasteiger charge is -2.14. The van der Waals surface area contributed by atoms with Gasteiger partial charge in [0.2, 0.25) is 10.0 Å². The normalized spacial score (nSPS) is 12.2. The van der Waals surface area contributed by atoms with Gasteiger partial charge in [-0.3, -0.25) is 4.68 Å². The second-order valence-electron chi connectivity index (χ2n) is 4.61. The molecule has 9 heteroatoms. The second-order valence-corrected chi connectivity index (χ2v) is 7.40. The number of hydrogen-bond donors (Lipinski definition) is 1. The Labute approximate surface area is 131 Å². The van der Waals surface area contributed by atoms with Crippen molar-refractivity contribution in [2.45, 2.75) is 31.3 Å². The lowest BCUT2D eigenvalue weighted by Crippen LogP contribution is -2.26. The summed E-state index contributed by atoms with van der Waals surface area (Å²) in [5.41, 5.74) is 5.72. The largest absolute Gasteiger partial charge is 0.453 e. The van der Waals surface area contributed by atoms with Crippen LogP contribution in [0.4, 0.5) is 5.82 Å². The molecule has 0 unspecified atom stereocenters. The van der Waals surface area contributed by atoms with Gasteiger partial charge in [0.25, 0.3) is 0 Å². The molecule has 116 valence electrons. The minimum atomic E-state index is -3.71. The fraction of sp³-hybridized carbons (Fsp3) is 0.417. The van der Waals surface area contributed by atoms with Gasteiger partial charge < -0.3 is 10.2 Å². The van der Waals surface area contributed by atoms with Gasteiger partial charge >= 0.3 is 0 Å². The first-order valence-corrected chi connectivity index (χ1v) is 8.61. The number of nitrogen functional groups attached to an aromatic ring is 1. The predicted molar refractivity (Wildman–Crippen MR) is 82.0 cm³/mol. The molecule has 2 aromatic rings. The molecule has 7 nitrogen and oxygen atoms in total. The Kier molecular flexibility index (Phi) is 4.74. The fourth-order valence-electron chi connectivity index (χ4n) is 1.87. The van der Waals surface area contributed by atoms with Crippen LogP contribution in [0.15, 0.2) is 32.3 Å². The highest BCUT2D eigenvalue weighted by molar-refractivity contribution is 9.10. The van der Waals surface area contributed by atoms with Gasteiger partial charge in [-0.15, -0.1) is 0 Å². The highest BCUT2D eigenvalue weighted by Gasteiger charge is 2.26. The van der Waals surface area contributed by atoms with Gasteiger partial charge in [-0.2, -0.15) is 9.40 Å². The van der Waals surface area contributed by atoms with Crippen molar-refractivity contribution in [3.63, 3.8) is 0 Å². The molecule has 2 N–H and O–H groups in total. The standard InChI is InChI=1S/C12H17BrN4O3S/c1-3-6-17-8-10(12(14)15-17)21(18,19)16(2)7-9-4-5-11(13)20-9/h4-5,8H,3,6-7H2,1-2H3,(H2,14,15). The predicted octanol–water partition coefficient (Wildman–Crippen LogP) is 2.05. The van der Waals surface area contributed by atoms with Crippen molar-refractivity contribution < 1.29 is 12.8 Å². The van der Waals surface area contributed by atoms with Gasteiger partial charge in [0.15, 0.2) is 10.5 Å². The van der Waals surface area contributed by atoms with Crippen LogP contribution in [0.25, 0.3) is 0 Å². The Morgan fingerprint density at radius 2 is 2.19 bits per heavy atom. The first-order valence-electron chi connectivity index (χ1n) is 6.38. The third kappa shape index (κ3) is 3.47. The molecule has 0 atom stereocenters. The number of aromatic nitrogens is 2. The Morgan fingerprint density at radius 3 is 2.76 bits per heavy atom. The lowest BCUT2D eigenvalue weighted by atomic mass is 10.4. The molecule has 0 saturated carbocycles. The second kappa shape index (κ2) is 6.20. The molecule has 2 rings (SSSR count). The van der Waals surface area contributed by atoms with Crippen LogP contribution < -0.4 is 5.73 Å². The third-order valence-corrected chi connectivity index (χ3v) is 5.15. The average Bonchev–Trinajstić information content (AvgIpc) is 2.96. The van der Waals surface area contributed by atoms with E-state index in [-0.39, 0.29) is 17.3 Å². The van der Waals surface area contributed by atoms with Crippen molar-refractivity contribution in [3.8, 4) is 0 Å². The van der Waals surface area contributed by atoms with E-state index in [1.165, 1.54) is 17.5 Å². The molecule has 2 heterocycles. The number of nitrogens with two attached hydrogens (primary N) is 1. The van der Waals surface area contributed by atoms with Crippen LogP contribution in [0, 0.1) is 0 Å². The van der Waals surface area contributed by atoms with Gasteiger partial charge in [0.1, 0.15) is 10.7 Å². The van der Waals surface area contributed by atoms with E-state index < -0.39 is 10.0 Å². The van der Waals surface area contributed by atoms with Crippen LogP contribution in [0.3, 0.4) is 0 Å². The molecule has 0 fully saturated rings. The quantitative estimate of drug-likeness (QED) is 0.832. The lowest BCUT2D eigenvalue weighted by molar-refractivity contribution is 0.398. The van der Waals surface area contributed by atoms with Crippen molar-refractivity contribution >= 4 is 31.8 Å². The van der Waals surface area contributed by atoms with E-state index in [1.807, 2.05) is 6.92 Å². The molecule has 0 aliphatic heterocycles. The number of anilines is 1. The number of sulfonamides is 1. The minimum Gasteiger partial charge on any atom is -0.453 e. The van der Waals surface area contributed by atoms with Crippen molar-refractivity contribution in [1.29, 1.82) is 0 Å². The van der Waals surface area contributed by atoms with Crippen molar-refractivity contribution in [3.05, 3.63) is 28.8 Å². The first kappa shape index (κ1) is 16.1. The third-order valence-electron chi connectivity index (χ3n) is 2.90. The fourth-order valence-corrected chi connectivity index (χ4v) is 3.40. The summed E-state index contributed by atoms with van der Waals surface area (Å²) in [6.07, 6.45) is 2.31. The Balaban J connectivity index is 2.24. The van der Waals surface area contributed by atoms with Gasteiger partial charge in [-0.1, -0.05) is 6.92 Å². The molecule has 0 amide bonds. The first-order chi connectivity index (χ1) is 9.84. The molecule has 0 aromatic carbocycles. The molecular formula is C12H17BrN4O3S. The summed E-state index contributed by atoms with van der Waals surface area (Å²) in [7, 11) is -2.23.